The molecule has 1 aliphatic heterocycles. The maximum atomic E-state index is 12.3. The van der Waals surface area contributed by atoms with Crippen LogP contribution in [0.15, 0.2) is 48.5 Å². The second-order valence-corrected chi connectivity index (χ2v) is 6.37. The van der Waals surface area contributed by atoms with E-state index < -0.39 is 0 Å². The Bertz CT molecular complexity index is 790. The van der Waals surface area contributed by atoms with E-state index in [1.807, 2.05) is 49.4 Å². The molecule has 2 amide bonds. The molecular formula is C20H23N3O3. The predicted molar refractivity (Wildman–Crippen MR) is 100 cm³/mol. The van der Waals surface area contributed by atoms with Gasteiger partial charge in [-0.25, -0.2) is 0 Å². The molecule has 26 heavy (non-hydrogen) atoms. The van der Waals surface area contributed by atoms with Crippen molar-refractivity contribution in [2.45, 2.75) is 19.4 Å². The van der Waals surface area contributed by atoms with E-state index in [1.165, 1.54) is 4.90 Å². The smallest absolute Gasteiger partial charge is 0.265 e. The number of rotatable bonds is 6. The number of nitrogens with two attached hydrogens (primary N) is 1. The highest BCUT2D eigenvalue weighted by molar-refractivity contribution is 6.02. The molecule has 1 atom stereocenters. The fourth-order valence-electron chi connectivity index (χ4n) is 2.87. The molecule has 1 unspecified atom stereocenters. The van der Waals surface area contributed by atoms with Crippen LogP contribution >= 0.6 is 0 Å². The number of hydrogen-bond donors (Lipinski definition) is 2. The minimum atomic E-state index is -0.238. The van der Waals surface area contributed by atoms with Gasteiger partial charge in [-0.15, -0.1) is 0 Å². The average Bonchev–Trinajstić information content (AvgIpc) is 2.64. The van der Waals surface area contributed by atoms with E-state index in [-0.39, 0.29) is 31.0 Å². The van der Waals surface area contributed by atoms with Crippen molar-refractivity contribution in [3.05, 3.63) is 59.7 Å². The second-order valence-electron chi connectivity index (χ2n) is 6.37. The molecule has 136 valence electrons. The Balaban J connectivity index is 1.64. The number of nitrogens with one attached hydrogen (secondary N) is 1. The van der Waals surface area contributed by atoms with E-state index in [1.54, 1.807) is 6.07 Å². The number of nitrogens with zero attached hydrogens (tertiary/aromatic N) is 1. The Hall–Kier alpha value is -2.86. The maximum Gasteiger partial charge on any atom is 0.265 e. The zero-order valence-electron chi connectivity index (χ0n) is 14.8. The second kappa shape index (κ2) is 8.01. The van der Waals surface area contributed by atoms with Crippen LogP contribution in [0.2, 0.25) is 0 Å². The van der Waals surface area contributed by atoms with Crippen molar-refractivity contribution < 1.29 is 14.3 Å². The number of amides is 2. The molecule has 0 spiro atoms. The van der Waals surface area contributed by atoms with Gasteiger partial charge in [-0.1, -0.05) is 36.4 Å². The van der Waals surface area contributed by atoms with Gasteiger partial charge in [0.15, 0.2) is 6.61 Å². The van der Waals surface area contributed by atoms with Gasteiger partial charge in [-0.3, -0.25) is 14.5 Å². The predicted octanol–water partition coefficient (Wildman–Crippen LogP) is 1.79. The fourth-order valence-corrected chi connectivity index (χ4v) is 2.87. The number of ether oxygens (including phenoxy) is 1. The largest absolute Gasteiger partial charge is 0.482 e. The summed E-state index contributed by atoms with van der Waals surface area (Å²) in [6.45, 7) is 2.29. The third-order valence-electron chi connectivity index (χ3n) is 4.33. The number of benzene rings is 2. The van der Waals surface area contributed by atoms with Gasteiger partial charge >= 0.3 is 0 Å². The molecule has 0 aromatic heterocycles. The van der Waals surface area contributed by atoms with Crippen LogP contribution in [-0.4, -0.2) is 31.5 Å². The molecule has 0 radical (unpaired) electrons. The van der Waals surface area contributed by atoms with E-state index in [4.69, 9.17) is 10.5 Å². The first kappa shape index (κ1) is 17.9. The molecule has 0 bridgehead atoms. The molecule has 2 aromatic rings. The lowest BCUT2D eigenvalue weighted by Crippen LogP contribution is -2.45. The lowest BCUT2D eigenvalue weighted by atomic mass is 10.1. The van der Waals surface area contributed by atoms with Crippen LogP contribution in [0.3, 0.4) is 0 Å². The fraction of sp³-hybridized carbons (Fsp3) is 0.300. The third kappa shape index (κ3) is 4.21. The Kier molecular flexibility index (Phi) is 5.53. The van der Waals surface area contributed by atoms with E-state index in [0.29, 0.717) is 18.0 Å². The molecule has 2 aromatic carbocycles. The summed E-state index contributed by atoms with van der Waals surface area (Å²) in [6, 6.07) is 15.2. The standard InChI is InChI=1S/C20H23N3O3/c1-14(21)16-7-8-18-17(11-16)23(20(25)13-26-18)12-19(24)22-10-9-15-5-3-2-4-6-15/h2-8,11,14H,9-10,12-13,21H2,1H3,(H,22,24). The van der Waals surface area contributed by atoms with Crippen LogP contribution in [0.5, 0.6) is 5.75 Å². The normalized spacial score (nSPS) is 14.4. The van der Waals surface area contributed by atoms with Crippen molar-refractivity contribution in [1.82, 2.24) is 5.32 Å². The van der Waals surface area contributed by atoms with Crippen molar-refractivity contribution in [2.75, 3.05) is 24.6 Å². The highest BCUT2D eigenvalue weighted by Crippen LogP contribution is 2.34. The molecule has 1 aliphatic rings. The van der Waals surface area contributed by atoms with Gasteiger partial charge in [0.05, 0.1) is 5.69 Å². The van der Waals surface area contributed by atoms with Crippen molar-refractivity contribution in [2.24, 2.45) is 5.73 Å². The molecule has 6 heteroatoms. The van der Waals surface area contributed by atoms with Crippen LogP contribution < -0.4 is 20.7 Å². The molecule has 3 N–H and O–H groups in total. The summed E-state index contributed by atoms with van der Waals surface area (Å²) >= 11 is 0. The Morgan fingerprint density at radius 3 is 2.77 bits per heavy atom. The summed E-state index contributed by atoms with van der Waals surface area (Å²) in [6.07, 6.45) is 0.745. The minimum absolute atomic E-state index is 0.0353. The van der Waals surface area contributed by atoms with Gasteiger partial charge in [0.1, 0.15) is 12.3 Å². The van der Waals surface area contributed by atoms with Crippen LogP contribution in [0.25, 0.3) is 0 Å². The van der Waals surface area contributed by atoms with Crippen molar-refractivity contribution in [1.29, 1.82) is 0 Å². The van der Waals surface area contributed by atoms with Gasteiger partial charge in [0.2, 0.25) is 5.91 Å². The molecule has 3 rings (SSSR count). The summed E-state index contributed by atoms with van der Waals surface area (Å²) in [5, 5.41) is 2.87. The molecule has 0 saturated heterocycles. The molecule has 0 aliphatic carbocycles. The van der Waals surface area contributed by atoms with Gasteiger partial charge < -0.3 is 15.8 Å². The third-order valence-corrected chi connectivity index (χ3v) is 4.33. The number of fused-ring (bicyclic) bond motifs is 1. The van der Waals surface area contributed by atoms with Crippen LogP contribution in [0, 0.1) is 0 Å². The SMILES string of the molecule is CC(N)c1ccc2c(c1)N(CC(=O)NCCc1ccccc1)C(=O)CO2. The monoisotopic (exact) mass is 353 g/mol. The van der Waals surface area contributed by atoms with Gasteiger partial charge in [0, 0.05) is 12.6 Å². The van der Waals surface area contributed by atoms with E-state index in [0.717, 1.165) is 17.5 Å². The van der Waals surface area contributed by atoms with Crippen LogP contribution in [0.4, 0.5) is 5.69 Å². The number of carbonyl (C=O) groups is 2. The molecule has 0 fully saturated rings. The highest BCUT2D eigenvalue weighted by Gasteiger charge is 2.27. The van der Waals surface area contributed by atoms with Crippen LogP contribution in [0.1, 0.15) is 24.1 Å². The van der Waals surface area contributed by atoms with E-state index in [2.05, 4.69) is 5.32 Å². The first-order valence-corrected chi connectivity index (χ1v) is 8.68. The number of anilines is 1. The number of carbonyl (C=O) groups excluding carboxylic acids is 2. The Morgan fingerprint density at radius 2 is 2.04 bits per heavy atom. The first-order chi connectivity index (χ1) is 12.5. The van der Waals surface area contributed by atoms with Crippen LogP contribution in [-0.2, 0) is 16.0 Å². The summed E-state index contributed by atoms with van der Waals surface area (Å²) in [7, 11) is 0. The van der Waals surface area contributed by atoms with Crippen molar-refractivity contribution >= 4 is 17.5 Å². The summed E-state index contributed by atoms with van der Waals surface area (Å²) in [4.78, 5) is 26.0. The first-order valence-electron chi connectivity index (χ1n) is 8.68. The average molecular weight is 353 g/mol. The van der Waals surface area contributed by atoms with Gasteiger partial charge in [-0.05, 0) is 36.6 Å². The highest BCUT2D eigenvalue weighted by atomic mass is 16.5. The van der Waals surface area contributed by atoms with Crippen molar-refractivity contribution in [3.63, 3.8) is 0 Å². The maximum absolute atomic E-state index is 12.3. The summed E-state index contributed by atoms with van der Waals surface area (Å²) in [5.74, 6) is 0.150. The topological polar surface area (TPSA) is 84.7 Å². The van der Waals surface area contributed by atoms with Crippen molar-refractivity contribution in [3.8, 4) is 5.75 Å². The van der Waals surface area contributed by atoms with E-state index in [9.17, 15) is 9.59 Å². The minimum Gasteiger partial charge on any atom is -0.482 e. The summed E-state index contributed by atoms with van der Waals surface area (Å²) in [5.41, 5.74) is 8.56. The summed E-state index contributed by atoms with van der Waals surface area (Å²) < 4.78 is 5.46. The van der Waals surface area contributed by atoms with E-state index >= 15 is 0 Å². The quantitative estimate of drug-likeness (QED) is 0.829. The number of hydrogen-bond acceptors (Lipinski definition) is 4. The van der Waals surface area contributed by atoms with Gasteiger partial charge in [0.25, 0.3) is 5.91 Å². The molecule has 0 saturated carbocycles. The van der Waals surface area contributed by atoms with Gasteiger partial charge in [-0.2, -0.15) is 0 Å². The zero-order chi connectivity index (χ0) is 18.5. The lowest BCUT2D eigenvalue weighted by Gasteiger charge is -2.29. The zero-order valence-corrected chi connectivity index (χ0v) is 14.8. The molecule has 6 nitrogen and oxygen atoms in total. The lowest BCUT2D eigenvalue weighted by molar-refractivity contribution is -0.125. The molecular weight excluding hydrogens is 330 g/mol. The Morgan fingerprint density at radius 1 is 1.27 bits per heavy atom. The molecule has 1 heterocycles. The Labute approximate surface area is 152 Å².